The fraction of sp³-hybridized carbons (Fsp3) is 0.294. The SMILES string of the molecule is C[C@@](O)(C[C@H](CF)c1ccccc1)c1ccccc1. The van der Waals surface area contributed by atoms with Crippen molar-refractivity contribution in [2.24, 2.45) is 0 Å². The van der Waals surface area contributed by atoms with Crippen molar-refractivity contribution in [3.05, 3.63) is 71.8 Å². The number of alkyl halides is 1. The average molecular weight is 258 g/mol. The lowest BCUT2D eigenvalue weighted by Gasteiger charge is -2.28. The van der Waals surface area contributed by atoms with Gasteiger partial charge in [0, 0.05) is 5.92 Å². The van der Waals surface area contributed by atoms with Gasteiger partial charge in [-0.25, -0.2) is 0 Å². The number of hydrogen-bond donors (Lipinski definition) is 1. The number of benzene rings is 2. The number of hydrogen-bond acceptors (Lipinski definition) is 1. The number of halogens is 1. The lowest BCUT2D eigenvalue weighted by Crippen LogP contribution is -2.25. The van der Waals surface area contributed by atoms with Crippen LogP contribution in [0.5, 0.6) is 0 Å². The van der Waals surface area contributed by atoms with Crippen molar-refractivity contribution in [3.63, 3.8) is 0 Å². The third-order valence-corrected chi connectivity index (χ3v) is 3.50. The Hall–Kier alpha value is -1.67. The van der Waals surface area contributed by atoms with E-state index in [1.54, 1.807) is 6.92 Å². The van der Waals surface area contributed by atoms with Crippen LogP contribution in [0.15, 0.2) is 60.7 Å². The summed E-state index contributed by atoms with van der Waals surface area (Å²) in [6.45, 7) is 1.28. The van der Waals surface area contributed by atoms with Crippen LogP contribution in [-0.4, -0.2) is 11.8 Å². The Morgan fingerprint density at radius 3 is 2.05 bits per heavy atom. The molecule has 0 radical (unpaired) electrons. The molecule has 1 nitrogen and oxygen atoms in total. The minimum Gasteiger partial charge on any atom is -0.385 e. The molecule has 0 amide bonds. The van der Waals surface area contributed by atoms with Crippen LogP contribution in [0.3, 0.4) is 0 Å². The highest BCUT2D eigenvalue weighted by Gasteiger charge is 2.28. The van der Waals surface area contributed by atoms with Crippen molar-refractivity contribution < 1.29 is 9.50 Å². The van der Waals surface area contributed by atoms with Crippen LogP contribution < -0.4 is 0 Å². The van der Waals surface area contributed by atoms with Gasteiger partial charge in [0.05, 0.1) is 12.3 Å². The Morgan fingerprint density at radius 1 is 1.00 bits per heavy atom. The predicted octanol–water partition coefficient (Wildman–Crippen LogP) is 4.04. The maximum absolute atomic E-state index is 13.3. The van der Waals surface area contributed by atoms with Gasteiger partial charge in [0.1, 0.15) is 0 Å². The first-order valence-electron chi connectivity index (χ1n) is 6.52. The van der Waals surface area contributed by atoms with Crippen LogP contribution in [0, 0.1) is 0 Å². The second-order valence-electron chi connectivity index (χ2n) is 5.11. The van der Waals surface area contributed by atoms with E-state index in [0.717, 1.165) is 11.1 Å². The molecule has 0 aliphatic rings. The second kappa shape index (κ2) is 5.98. The molecular weight excluding hydrogens is 239 g/mol. The van der Waals surface area contributed by atoms with Crippen LogP contribution in [0.1, 0.15) is 30.4 Å². The summed E-state index contributed by atoms with van der Waals surface area (Å²) in [5, 5.41) is 10.6. The summed E-state index contributed by atoms with van der Waals surface area (Å²) >= 11 is 0. The Labute approximate surface area is 113 Å². The fourth-order valence-electron chi connectivity index (χ4n) is 2.38. The highest BCUT2D eigenvalue weighted by molar-refractivity contribution is 5.25. The van der Waals surface area contributed by atoms with Gasteiger partial charge in [0.15, 0.2) is 0 Å². The molecule has 0 aliphatic carbocycles. The van der Waals surface area contributed by atoms with Gasteiger partial charge in [0.2, 0.25) is 0 Å². The van der Waals surface area contributed by atoms with E-state index in [1.165, 1.54) is 0 Å². The summed E-state index contributed by atoms with van der Waals surface area (Å²) in [7, 11) is 0. The van der Waals surface area contributed by atoms with Crippen LogP contribution >= 0.6 is 0 Å². The maximum Gasteiger partial charge on any atom is 0.0964 e. The average Bonchev–Trinajstić information content (AvgIpc) is 2.47. The molecule has 1 N–H and O–H groups in total. The normalized spacial score (nSPS) is 15.7. The van der Waals surface area contributed by atoms with Crippen molar-refractivity contribution in [1.82, 2.24) is 0 Å². The van der Waals surface area contributed by atoms with E-state index < -0.39 is 12.3 Å². The first-order chi connectivity index (χ1) is 9.13. The van der Waals surface area contributed by atoms with E-state index in [4.69, 9.17) is 0 Å². The molecule has 2 aromatic rings. The van der Waals surface area contributed by atoms with Gasteiger partial charge in [-0.15, -0.1) is 0 Å². The molecule has 0 aromatic heterocycles. The van der Waals surface area contributed by atoms with Gasteiger partial charge in [-0.2, -0.15) is 0 Å². The second-order valence-corrected chi connectivity index (χ2v) is 5.11. The van der Waals surface area contributed by atoms with E-state index >= 15 is 0 Å². The Balaban J connectivity index is 2.19. The molecule has 100 valence electrons. The Morgan fingerprint density at radius 2 is 1.53 bits per heavy atom. The molecule has 2 rings (SSSR count). The van der Waals surface area contributed by atoms with Crippen molar-refractivity contribution in [2.45, 2.75) is 24.9 Å². The molecule has 19 heavy (non-hydrogen) atoms. The van der Waals surface area contributed by atoms with Crippen LogP contribution in [-0.2, 0) is 5.60 Å². The van der Waals surface area contributed by atoms with Crippen LogP contribution in [0.25, 0.3) is 0 Å². The molecule has 0 spiro atoms. The van der Waals surface area contributed by atoms with Crippen LogP contribution in [0.2, 0.25) is 0 Å². The molecule has 0 saturated heterocycles. The fourth-order valence-corrected chi connectivity index (χ4v) is 2.38. The van der Waals surface area contributed by atoms with E-state index in [1.807, 2.05) is 60.7 Å². The summed E-state index contributed by atoms with van der Waals surface area (Å²) in [5.41, 5.74) is 0.735. The molecule has 0 bridgehead atoms. The minimum absolute atomic E-state index is 0.281. The first kappa shape index (κ1) is 13.8. The van der Waals surface area contributed by atoms with Crippen molar-refractivity contribution in [3.8, 4) is 0 Å². The highest BCUT2D eigenvalue weighted by atomic mass is 19.1. The molecule has 2 heteroatoms. The lowest BCUT2D eigenvalue weighted by atomic mass is 9.83. The smallest absolute Gasteiger partial charge is 0.0964 e. The van der Waals surface area contributed by atoms with Crippen molar-refractivity contribution in [1.29, 1.82) is 0 Å². The van der Waals surface area contributed by atoms with E-state index in [9.17, 15) is 9.50 Å². The van der Waals surface area contributed by atoms with Crippen molar-refractivity contribution >= 4 is 0 Å². The Bertz CT molecular complexity index is 493. The monoisotopic (exact) mass is 258 g/mol. The largest absolute Gasteiger partial charge is 0.385 e. The quantitative estimate of drug-likeness (QED) is 0.858. The lowest BCUT2D eigenvalue weighted by molar-refractivity contribution is 0.0371. The molecule has 0 saturated carbocycles. The maximum atomic E-state index is 13.3. The van der Waals surface area contributed by atoms with Gasteiger partial charge in [-0.05, 0) is 24.5 Å². The zero-order valence-corrected chi connectivity index (χ0v) is 11.1. The molecule has 2 aromatic carbocycles. The zero-order valence-electron chi connectivity index (χ0n) is 11.1. The molecule has 0 aliphatic heterocycles. The third kappa shape index (κ3) is 3.42. The van der Waals surface area contributed by atoms with Crippen LogP contribution in [0.4, 0.5) is 4.39 Å². The Kier molecular flexibility index (Phi) is 4.33. The summed E-state index contributed by atoms with van der Waals surface area (Å²) < 4.78 is 13.3. The topological polar surface area (TPSA) is 20.2 Å². The third-order valence-electron chi connectivity index (χ3n) is 3.50. The van der Waals surface area contributed by atoms with Gasteiger partial charge in [-0.1, -0.05) is 60.7 Å². The summed E-state index contributed by atoms with van der Waals surface area (Å²) in [6.07, 6.45) is 0.373. The van der Waals surface area contributed by atoms with Gasteiger partial charge < -0.3 is 5.11 Å². The molecule has 2 atom stereocenters. The predicted molar refractivity (Wildman–Crippen MR) is 75.8 cm³/mol. The summed E-state index contributed by atoms with van der Waals surface area (Å²) in [5.74, 6) is -0.281. The molecule has 0 unspecified atom stereocenters. The minimum atomic E-state index is -1.02. The zero-order chi connectivity index (χ0) is 13.7. The number of aliphatic hydroxyl groups is 1. The number of rotatable bonds is 5. The standard InChI is InChI=1S/C17H19FO/c1-17(19,16-10-6-3-7-11-16)12-15(13-18)14-8-4-2-5-9-14/h2-11,15,19H,12-13H2,1H3/t15-,17-/m1/s1. The molecule has 0 fully saturated rings. The summed E-state index contributed by atoms with van der Waals surface area (Å²) in [4.78, 5) is 0. The van der Waals surface area contributed by atoms with E-state index in [0.29, 0.717) is 6.42 Å². The highest BCUT2D eigenvalue weighted by Crippen LogP contribution is 2.33. The molecule has 0 heterocycles. The molecular formula is C17H19FO. The van der Waals surface area contributed by atoms with E-state index in [-0.39, 0.29) is 5.92 Å². The van der Waals surface area contributed by atoms with Gasteiger partial charge in [-0.3, -0.25) is 4.39 Å². The van der Waals surface area contributed by atoms with E-state index in [2.05, 4.69) is 0 Å². The summed E-state index contributed by atoms with van der Waals surface area (Å²) in [6, 6.07) is 19.0. The van der Waals surface area contributed by atoms with Crippen molar-refractivity contribution in [2.75, 3.05) is 6.67 Å². The van der Waals surface area contributed by atoms with Gasteiger partial charge in [0.25, 0.3) is 0 Å². The van der Waals surface area contributed by atoms with Gasteiger partial charge >= 0.3 is 0 Å². The first-order valence-corrected chi connectivity index (χ1v) is 6.52.